The number of hydrogen-bond acceptors (Lipinski definition) is 4. The zero-order valence-corrected chi connectivity index (χ0v) is 11.5. The van der Waals surface area contributed by atoms with Crippen LogP contribution < -0.4 is 5.32 Å². The summed E-state index contributed by atoms with van der Waals surface area (Å²) >= 11 is 0. The predicted molar refractivity (Wildman–Crippen MR) is 64.7 cm³/mol. The molecule has 1 aliphatic heterocycles. The van der Waals surface area contributed by atoms with E-state index in [4.69, 9.17) is 0 Å². The number of halogens is 3. The Morgan fingerprint density at radius 2 is 1.75 bits per heavy atom. The van der Waals surface area contributed by atoms with Gasteiger partial charge in [-0.1, -0.05) is 6.42 Å². The number of nitrogens with one attached hydrogen (secondary N) is 1. The highest BCUT2D eigenvalue weighted by atomic mass is 19.4. The molecule has 1 aliphatic rings. The topological polar surface area (TPSA) is 58.6 Å². The molecule has 1 rings (SSSR count). The average Bonchev–Trinajstić information content (AvgIpc) is 2.35. The molecule has 1 heterocycles. The van der Waals surface area contributed by atoms with Crippen LogP contribution in [0.3, 0.4) is 0 Å². The molecule has 5 nitrogen and oxygen atoms in total. The maximum absolute atomic E-state index is 13.5. The van der Waals surface area contributed by atoms with E-state index in [1.807, 2.05) is 0 Å². The lowest BCUT2D eigenvalue weighted by atomic mass is 10.0. The molecule has 0 aromatic heterocycles. The summed E-state index contributed by atoms with van der Waals surface area (Å²) in [5.41, 5.74) is -3.09. The zero-order valence-electron chi connectivity index (χ0n) is 11.5. The van der Waals surface area contributed by atoms with Crippen LogP contribution in [0.25, 0.3) is 0 Å². The van der Waals surface area contributed by atoms with Gasteiger partial charge in [0.1, 0.15) is 0 Å². The number of likely N-dealkylation sites (tertiary alicyclic amines) is 1. The number of carbonyl (C=O) groups is 2. The van der Waals surface area contributed by atoms with E-state index in [2.05, 4.69) is 4.74 Å². The molecule has 1 amide bonds. The van der Waals surface area contributed by atoms with E-state index in [9.17, 15) is 22.8 Å². The Bertz CT molecular complexity index is 367. The molecular weight excluding hydrogens is 277 g/mol. The fraction of sp³-hybridized carbons (Fsp3) is 0.833. The number of carbonyl (C=O) groups excluding carboxylic acids is 2. The maximum atomic E-state index is 13.5. The lowest BCUT2D eigenvalue weighted by Gasteiger charge is -2.44. The van der Waals surface area contributed by atoms with Crippen molar-refractivity contribution in [1.29, 1.82) is 0 Å². The fourth-order valence-electron chi connectivity index (χ4n) is 2.34. The Labute approximate surface area is 115 Å². The number of ether oxygens (including phenoxy) is 1. The number of alkyl halides is 3. The van der Waals surface area contributed by atoms with Crippen LogP contribution in [0.5, 0.6) is 0 Å². The summed E-state index contributed by atoms with van der Waals surface area (Å²) in [6, 6.07) is 0. The maximum Gasteiger partial charge on any atom is 0.436 e. The van der Waals surface area contributed by atoms with Crippen molar-refractivity contribution in [2.24, 2.45) is 0 Å². The first-order chi connectivity index (χ1) is 9.25. The molecule has 0 aliphatic carbocycles. The van der Waals surface area contributed by atoms with Crippen molar-refractivity contribution < 1.29 is 27.5 Å². The Morgan fingerprint density at radius 1 is 1.20 bits per heavy atom. The number of rotatable bonds is 4. The normalized spacial score (nSPS) is 20.1. The van der Waals surface area contributed by atoms with Crippen LogP contribution in [0.15, 0.2) is 0 Å². The van der Waals surface area contributed by atoms with Gasteiger partial charge >= 0.3 is 12.1 Å². The van der Waals surface area contributed by atoms with Gasteiger partial charge in [0.2, 0.25) is 5.91 Å². The second-order valence-electron chi connectivity index (χ2n) is 4.66. The molecule has 0 aromatic carbocycles. The Morgan fingerprint density at radius 3 is 2.15 bits per heavy atom. The number of hydrogen-bond donors (Lipinski definition) is 1. The largest absolute Gasteiger partial charge is 0.463 e. The van der Waals surface area contributed by atoms with Gasteiger partial charge in [-0.15, -0.1) is 0 Å². The minimum atomic E-state index is -4.96. The third-order valence-corrected chi connectivity index (χ3v) is 3.17. The van der Waals surface area contributed by atoms with Crippen molar-refractivity contribution in [3.8, 4) is 0 Å². The van der Waals surface area contributed by atoms with Crippen LogP contribution in [0.1, 0.15) is 33.1 Å². The summed E-state index contributed by atoms with van der Waals surface area (Å²) in [4.78, 5) is 24.1. The van der Waals surface area contributed by atoms with Gasteiger partial charge in [0.05, 0.1) is 6.61 Å². The van der Waals surface area contributed by atoms with E-state index in [-0.39, 0.29) is 19.7 Å². The second kappa shape index (κ2) is 6.43. The number of amides is 1. The van der Waals surface area contributed by atoms with Crippen molar-refractivity contribution in [2.45, 2.75) is 44.9 Å². The van der Waals surface area contributed by atoms with Crippen molar-refractivity contribution in [1.82, 2.24) is 10.2 Å². The second-order valence-corrected chi connectivity index (χ2v) is 4.66. The van der Waals surface area contributed by atoms with Gasteiger partial charge in [-0.25, -0.2) is 4.79 Å². The molecule has 0 aromatic rings. The van der Waals surface area contributed by atoms with Crippen LogP contribution in [0.4, 0.5) is 13.2 Å². The van der Waals surface area contributed by atoms with Crippen LogP contribution in [-0.2, 0) is 14.3 Å². The fourth-order valence-corrected chi connectivity index (χ4v) is 2.34. The van der Waals surface area contributed by atoms with Crippen molar-refractivity contribution in [2.75, 3.05) is 19.7 Å². The first-order valence-electron chi connectivity index (χ1n) is 6.53. The molecule has 1 N–H and O–H groups in total. The van der Waals surface area contributed by atoms with Crippen molar-refractivity contribution in [3.63, 3.8) is 0 Å². The Balaban J connectivity index is 3.23. The van der Waals surface area contributed by atoms with E-state index < -0.39 is 23.7 Å². The minimum Gasteiger partial charge on any atom is -0.463 e. The molecule has 0 spiro atoms. The van der Waals surface area contributed by atoms with E-state index in [0.29, 0.717) is 12.8 Å². The quantitative estimate of drug-likeness (QED) is 0.797. The molecule has 8 heteroatoms. The molecular formula is C12H19F3N2O3. The zero-order chi connectivity index (χ0) is 15.4. The standard InChI is InChI=1S/C12H19F3N2O3/c1-3-20-10(19)11(12(13,14)15,16-9(2)18)17-7-5-4-6-8-17/h3-8H2,1-2H3,(H,16,18)/t11-/m1/s1. The van der Waals surface area contributed by atoms with Crippen LogP contribution >= 0.6 is 0 Å². The third-order valence-electron chi connectivity index (χ3n) is 3.17. The highest BCUT2D eigenvalue weighted by Crippen LogP contribution is 2.36. The van der Waals surface area contributed by atoms with Crippen molar-refractivity contribution in [3.05, 3.63) is 0 Å². The molecule has 0 bridgehead atoms. The summed E-state index contributed by atoms with van der Waals surface area (Å²) in [6.45, 7) is 2.34. The SMILES string of the molecule is CCOC(=O)[C@@](NC(C)=O)(N1CCCCC1)C(F)(F)F. The van der Waals surface area contributed by atoms with Gasteiger partial charge in [0, 0.05) is 20.0 Å². The summed E-state index contributed by atoms with van der Waals surface area (Å²) in [7, 11) is 0. The molecule has 20 heavy (non-hydrogen) atoms. The predicted octanol–water partition coefficient (Wildman–Crippen LogP) is 1.43. The van der Waals surface area contributed by atoms with Crippen LogP contribution in [-0.4, -0.2) is 48.3 Å². The van der Waals surface area contributed by atoms with Gasteiger partial charge in [0.25, 0.3) is 5.66 Å². The highest BCUT2D eigenvalue weighted by Gasteiger charge is 2.66. The molecule has 0 radical (unpaired) electrons. The number of piperidine rings is 1. The monoisotopic (exact) mass is 296 g/mol. The molecule has 1 atom stereocenters. The summed E-state index contributed by atoms with van der Waals surface area (Å²) < 4.78 is 45.2. The molecule has 0 unspecified atom stereocenters. The van der Waals surface area contributed by atoms with E-state index in [1.165, 1.54) is 6.92 Å². The van der Waals surface area contributed by atoms with Crippen LogP contribution in [0, 0.1) is 0 Å². The third kappa shape index (κ3) is 3.23. The lowest BCUT2D eigenvalue weighted by molar-refractivity contribution is -0.251. The van der Waals surface area contributed by atoms with Crippen LogP contribution in [0.2, 0.25) is 0 Å². The van der Waals surface area contributed by atoms with Gasteiger partial charge in [-0.05, 0) is 19.8 Å². The van der Waals surface area contributed by atoms with E-state index in [0.717, 1.165) is 18.2 Å². The van der Waals surface area contributed by atoms with Gasteiger partial charge < -0.3 is 10.1 Å². The summed E-state index contributed by atoms with van der Waals surface area (Å²) in [5, 5.41) is 1.78. The minimum absolute atomic E-state index is 0.0819. The molecule has 1 saturated heterocycles. The van der Waals surface area contributed by atoms with Gasteiger partial charge in [-0.3, -0.25) is 9.69 Å². The smallest absolute Gasteiger partial charge is 0.436 e. The van der Waals surface area contributed by atoms with E-state index in [1.54, 1.807) is 5.32 Å². The average molecular weight is 296 g/mol. The van der Waals surface area contributed by atoms with Gasteiger partial charge in [-0.2, -0.15) is 13.2 Å². The number of nitrogens with zero attached hydrogens (tertiary/aromatic N) is 1. The first kappa shape index (κ1) is 16.7. The summed E-state index contributed by atoms with van der Waals surface area (Å²) in [6.07, 6.45) is -3.08. The lowest BCUT2D eigenvalue weighted by Crippen LogP contribution is -2.74. The molecule has 1 fully saturated rings. The molecule has 0 saturated carbocycles. The van der Waals surface area contributed by atoms with E-state index >= 15 is 0 Å². The molecule has 116 valence electrons. The Kier molecular flexibility index (Phi) is 5.38. The summed E-state index contributed by atoms with van der Waals surface area (Å²) in [5.74, 6) is -2.41. The first-order valence-corrected chi connectivity index (χ1v) is 6.53. The van der Waals surface area contributed by atoms with Crippen molar-refractivity contribution >= 4 is 11.9 Å². The van der Waals surface area contributed by atoms with Gasteiger partial charge in [0.15, 0.2) is 0 Å². The highest BCUT2D eigenvalue weighted by molar-refractivity contribution is 5.87. The Hall–Kier alpha value is -1.31. The number of esters is 1.